The smallest absolute Gasteiger partial charge is 0.244 e. The van der Waals surface area contributed by atoms with Crippen molar-refractivity contribution < 1.29 is 22.4 Å². The average molecular weight is 478 g/mol. The van der Waals surface area contributed by atoms with Gasteiger partial charge in [0, 0.05) is 13.1 Å². The Hall–Kier alpha value is -2.94. The van der Waals surface area contributed by atoms with Crippen LogP contribution < -0.4 is 9.62 Å². The molecule has 0 saturated carbocycles. The molecular weight excluding hydrogens is 445 g/mol. The van der Waals surface area contributed by atoms with E-state index in [9.17, 15) is 22.4 Å². The maximum Gasteiger partial charge on any atom is 0.244 e. The lowest BCUT2D eigenvalue weighted by atomic mass is 10.1. The van der Waals surface area contributed by atoms with Gasteiger partial charge in [0.2, 0.25) is 21.8 Å². The van der Waals surface area contributed by atoms with E-state index in [1.54, 1.807) is 6.92 Å². The lowest BCUT2D eigenvalue weighted by Crippen LogP contribution is -2.51. The zero-order valence-electron chi connectivity index (χ0n) is 19.7. The van der Waals surface area contributed by atoms with E-state index in [1.807, 2.05) is 45.0 Å². The summed E-state index contributed by atoms with van der Waals surface area (Å²) in [5.74, 6) is -1.49. The monoisotopic (exact) mass is 477 g/mol. The maximum atomic E-state index is 14.4. The number of para-hydroxylation sites is 1. The van der Waals surface area contributed by atoms with Crippen molar-refractivity contribution in [1.29, 1.82) is 0 Å². The van der Waals surface area contributed by atoms with Crippen LogP contribution in [0.25, 0.3) is 0 Å². The van der Waals surface area contributed by atoms with E-state index in [-0.39, 0.29) is 24.1 Å². The fraction of sp³-hybridized carbons (Fsp3) is 0.417. The Labute approximate surface area is 195 Å². The number of carbonyl (C=O) groups is 2. The summed E-state index contributed by atoms with van der Waals surface area (Å²) in [7, 11) is -3.97. The number of benzene rings is 2. The molecule has 2 aromatic carbocycles. The molecule has 0 unspecified atom stereocenters. The Balaban J connectivity index is 2.38. The molecule has 180 valence electrons. The first-order valence-corrected chi connectivity index (χ1v) is 12.6. The van der Waals surface area contributed by atoms with E-state index in [1.165, 1.54) is 23.1 Å². The molecule has 0 aliphatic rings. The minimum atomic E-state index is -3.97. The highest BCUT2D eigenvalue weighted by molar-refractivity contribution is 7.92. The fourth-order valence-corrected chi connectivity index (χ4v) is 4.14. The first-order chi connectivity index (χ1) is 15.4. The number of aryl methyl sites for hydroxylation is 1. The third kappa shape index (κ3) is 7.56. The maximum absolute atomic E-state index is 14.4. The molecule has 0 aliphatic heterocycles. The molecule has 1 N–H and O–H groups in total. The summed E-state index contributed by atoms with van der Waals surface area (Å²) >= 11 is 0. The van der Waals surface area contributed by atoms with Gasteiger partial charge in [0.15, 0.2) is 0 Å². The van der Waals surface area contributed by atoms with E-state index in [4.69, 9.17) is 0 Å². The number of nitrogens with one attached hydrogen (secondary N) is 1. The van der Waals surface area contributed by atoms with E-state index in [2.05, 4.69) is 5.32 Å². The molecule has 2 amide bonds. The van der Waals surface area contributed by atoms with Gasteiger partial charge in [0.1, 0.15) is 18.4 Å². The minimum Gasteiger partial charge on any atom is -0.354 e. The first-order valence-electron chi connectivity index (χ1n) is 10.7. The van der Waals surface area contributed by atoms with Gasteiger partial charge in [-0.15, -0.1) is 0 Å². The van der Waals surface area contributed by atoms with Crippen LogP contribution in [0.2, 0.25) is 0 Å². The molecule has 0 spiro atoms. The second kappa shape index (κ2) is 11.3. The molecule has 0 aromatic heterocycles. The highest BCUT2D eigenvalue weighted by atomic mass is 32.2. The van der Waals surface area contributed by atoms with Gasteiger partial charge < -0.3 is 10.2 Å². The highest BCUT2D eigenvalue weighted by Gasteiger charge is 2.31. The zero-order valence-corrected chi connectivity index (χ0v) is 20.5. The van der Waals surface area contributed by atoms with E-state index < -0.39 is 34.3 Å². The summed E-state index contributed by atoms with van der Waals surface area (Å²) in [6, 6.07) is 12.0. The van der Waals surface area contributed by atoms with Gasteiger partial charge in [-0.2, -0.15) is 0 Å². The molecule has 7 nitrogen and oxygen atoms in total. The number of carbonyl (C=O) groups excluding carboxylic acids is 2. The molecule has 33 heavy (non-hydrogen) atoms. The Morgan fingerprint density at radius 2 is 1.73 bits per heavy atom. The average Bonchev–Trinajstić information content (AvgIpc) is 2.73. The number of nitrogens with zero attached hydrogens (tertiary/aromatic N) is 2. The first kappa shape index (κ1) is 26.3. The summed E-state index contributed by atoms with van der Waals surface area (Å²) < 4.78 is 40.0. The Morgan fingerprint density at radius 3 is 2.30 bits per heavy atom. The number of rotatable bonds is 10. The molecule has 9 heteroatoms. The molecule has 2 rings (SSSR count). The van der Waals surface area contributed by atoms with Crippen molar-refractivity contribution in [3.05, 3.63) is 65.5 Å². The summed E-state index contributed by atoms with van der Waals surface area (Å²) in [6.07, 6.45) is 0.913. The second-order valence-electron chi connectivity index (χ2n) is 8.55. The van der Waals surface area contributed by atoms with Crippen molar-refractivity contribution in [2.24, 2.45) is 5.92 Å². The molecule has 0 radical (unpaired) electrons. The lowest BCUT2D eigenvalue weighted by Gasteiger charge is -2.31. The second-order valence-corrected chi connectivity index (χ2v) is 10.5. The van der Waals surface area contributed by atoms with Crippen molar-refractivity contribution in [2.45, 2.75) is 40.3 Å². The normalized spacial score (nSPS) is 12.3. The summed E-state index contributed by atoms with van der Waals surface area (Å²) in [5, 5.41) is 2.81. The van der Waals surface area contributed by atoms with Crippen LogP contribution in [0.3, 0.4) is 0 Å². The van der Waals surface area contributed by atoms with Gasteiger partial charge in [-0.3, -0.25) is 13.9 Å². The third-order valence-corrected chi connectivity index (χ3v) is 6.21. The fourth-order valence-electron chi connectivity index (χ4n) is 3.29. The molecule has 0 aliphatic carbocycles. The van der Waals surface area contributed by atoms with E-state index >= 15 is 0 Å². The third-order valence-electron chi connectivity index (χ3n) is 5.09. The minimum absolute atomic E-state index is 0.103. The van der Waals surface area contributed by atoms with Crippen molar-refractivity contribution in [3.8, 4) is 0 Å². The SMILES string of the molecule is Cc1cccc(CN(C(=O)CN(c2ccccc2F)S(C)(=O)=O)[C@H](C)C(=O)NCC(C)C)c1. The van der Waals surface area contributed by atoms with Crippen LogP contribution in [0, 0.1) is 18.7 Å². The van der Waals surface area contributed by atoms with Crippen LogP contribution in [-0.2, 0) is 26.2 Å². The van der Waals surface area contributed by atoms with Crippen molar-refractivity contribution in [3.63, 3.8) is 0 Å². The number of amides is 2. The largest absolute Gasteiger partial charge is 0.354 e. The molecule has 1 atom stereocenters. The van der Waals surface area contributed by atoms with Crippen LogP contribution in [-0.4, -0.2) is 50.5 Å². The topological polar surface area (TPSA) is 86.8 Å². The van der Waals surface area contributed by atoms with Crippen LogP contribution in [0.1, 0.15) is 31.9 Å². The van der Waals surface area contributed by atoms with Crippen molar-refractivity contribution >= 4 is 27.5 Å². The predicted molar refractivity (Wildman–Crippen MR) is 128 cm³/mol. The van der Waals surface area contributed by atoms with Gasteiger partial charge >= 0.3 is 0 Å². The molecule has 0 bridgehead atoms. The molecule has 2 aromatic rings. The zero-order chi connectivity index (χ0) is 24.8. The predicted octanol–water partition coefficient (Wildman–Crippen LogP) is 3.09. The van der Waals surface area contributed by atoms with Gasteiger partial charge in [-0.1, -0.05) is 55.8 Å². The number of halogens is 1. The lowest BCUT2D eigenvalue weighted by molar-refractivity contribution is -0.139. The Bertz CT molecular complexity index is 1090. The number of hydrogen-bond donors (Lipinski definition) is 1. The Kier molecular flexibility index (Phi) is 8.99. The molecule has 0 fully saturated rings. The van der Waals surface area contributed by atoms with Gasteiger partial charge in [-0.25, -0.2) is 12.8 Å². The highest BCUT2D eigenvalue weighted by Crippen LogP contribution is 2.22. The van der Waals surface area contributed by atoms with E-state index in [0.29, 0.717) is 6.54 Å². The van der Waals surface area contributed by atoms with Crippen LogP contribution in [0.15, 0.2) is 48.5 Å². The van der Waals surface area contributed by atoms with Gasteiger partial charge in [0.25, 0.3) is 0 Å². The summed E-state index contributed by atoms with van der Waals surface area (Å²) in [5.41, 5.74) is 1.56. The van der Waals surface area contributed by atoms with Crippen LogP contribution >= 0.6 is 0 Å². The molecular formula is C24H32FN3O4S. The quantitative estimate of drug-likeness (QED) is 0.570. The van der Waals surface area contributed by atoms with Crippen molar-refractivity contribution in [2.75, 3.05) is 23.7 Å². The summed E-state index contributed by atoms with van der Waals surface area (Å²) in [6.45, 7) is 7.34. The number of anilines is 1. The molecule has 0 heterocycles. The standard InChI is InChI=1S/C24H32FN3O4S/c1-17(2)14-26-24(30)19(4)27(15-20-10-8-9-18(3)13-20)23(29)16-28(33(5,31)32)22-12-7-6-11-21(22)25/h6-13,17,19H,14-16H2,1-5H3,(H,26,30)/t19-/m1/s1. The van der Waals surface area contributed by atoms with E-state index in [0.717, 1.165) is 27.8 Å². The summed E-state index contributed by atoms with van der Waals surface area (Å²) in [4.78, 5) is 27.5. The van der Waals surface area contributed by atoms with Crippen LogP contribution in [0.4, 0.5) is 10.1 Å². The van der Waals surface area contributed by atoms with Crippen molar-refractivity contribution in [1.82, 2.24) is 10.2 Å². The van der Waals surface area contributed by atoms with Crippen LogP contribution in [0.5, 0.6) is 0 Å². The molecule has 0 saturated heterocycles. The number of hydrogen-bond acceptors (Lipinski definition) is 4. The van der Waals surface area contributed by atoms with Gasteiger partial charge in [-0.05, 0) is 37.5 Å². The Morgan fingerprint density at radius 1 is 1.06 bits per heavy atom. The number of sulfonamides is 1. The van der Waals surface area contributed by atoms with Gasteiger partial charge in [0.05, 0.1) is 11.9 Å².